The highest BCUT2D eigenvalue weighted by molar-refractivity contribution is 6.42. The number of nitrogens with one attached hydrogen (secondary N) is 1. The third-order valence-electron chi connectivity index (χ3n) is 3.95. The van der Waals surface area contributed by atoms with Crippen LogP contribution in [0.2, 0.25) is 10.0 Å². The van der Waals surface area contributed by atoms with Crippen molar-refractivity contribution >= 4 is 34.8 Å². The summed E-state index contributed by atoms with van der Waals surface area (Å²) in [5.41, 5.74) is 0.563. The lowest BCUT2D eigenvalue weighted by atomic mass is 10.2. The average Bonchev–Trinajstić information content (AvgIpc) is 2.51. The number of carbonyl (C=O) groups is 1. The van der Waals surface area contributed by atoms with E-state index in [4.69, 9.17) is 23.2 Å². The summed E-state index contributed by atoms with van der Waals surface area (Å²) in [4.78, 5) is 15.8. The molecular weight excluding hydrogens is 337 g/mol. The van der Waals surface area contributed by atoms with Gasteiger partial charge in [0.05, 0.1) is 15.7 Å². The third-order valence-corrected chi connectivity index (χ3v) is 4.67. The third kappa shape index (κ3) is 4.53. The predicted octanol–water partition coefficient (Wildman–Crippen LogP) is 2.83. The SMILES string of the molecule is C=CC(=O)N1CCN(CCNc2cc(Cl)c(Cl)cc2O)CC1C. The number of benzene rings is 1. The molecule has 0 aromatic heterocycles. The molecule has 1 saturated heterocycles. The van der Waals surface area contributed by atoms with Crippen LogP contribution in [0.3, 0.4) is 0 Å². The number of carbonyl (C=O) groups excluding carboxylic acids is 1. The van der Waals surface area contributed by atoms with E-state index in [-0.39, 0.29) is 17.7 Å². The molecule has 0 spiro atoms. The summed E-state index contributed by atoms with van der Waals surface area (Å²) in [6, 6.07) is 3.20. The first kappa shape index (κ1) is 17.9. The Morgan fingerprint density at radius 2 is 2.13 bits per heavy atom. The summed E-state index contributed by atoms with van der Waals surface area (Å²) in [7, 11) is 0. The number of phenolic OH excluding ortho intramolecular Hbond substituents is 1. The van der Waals surface area contributed by atoms with Gasteiger partial charge in [0, 0.05) is 44.8 Å². The highest BCUT2D eigenvalue weighted by atomic mass is 35.5. The number of amides is 1. The van der Waals surface area contributed by atoms with Crippen LogP contribution in [0.4, 0.5) is 5.69 Å². The largest absolute Gasteiger partial charge is 0.506 e. The first-order valence-corrected chi connectivity index (χ1v) is 8.25. The molecule has 2 N–H and O–H groups in total. The number of halogens is 2. The Morgan fingerprint density at radius 3 is 2.78 bits per heavy atom. The molecule has 5 nitrogen and oxygen atoms in total. The zero-order valence-electron chi connectivity index (χ0n) is 13.1. The zero-order chi connectivity index (χ0) is 17.0. The Kier molecular flexibility index (Phi) is 6.16. The smallest absolute Gasteiger partial charge is 0.246 e. The number of aromatic hydroxyl groups is 1. The van der Waals surface area contributed by atoms with Crippen LogP contribution in [0.1, 0.15) is 6.92 Å². The topological polar surface area (TPSA) is 55.8 Å². The van der Waals surface area contributed by atoms with Gasteiger partial charge in [-0.25, -0.2) is 0 Å². The number of hydrogen-bond acceptors (Lipinski definition) is 4. The van der Waals surface area contributed by atoms with Crippen LogP contribution in [0.5, 0.6) is 5.75 Å². The van der Waals surface area contributed by atoms with Crippen LogP contribution in [0.25, 0.3) is 0 Å². The fourth-order valence-corrected chi connectivity index (χ4v) is 3.03. The molecule has 0 aliphatic carbocycles. The van der Waals surface area contributed by atoms with Crippen molar-refractivity contribution in [3.63, 3.8) is 0 Å². The maximum Gasteiger partial charge on any atom is 0.246 e. The van der Waals surface area contributed by atoms with Crippen LogP contribution in [-0.4, -0.2) is 59.6 Å². The van der Waals surface area contributed by atoms with E-state index in [0.717, 1.165) is 19.6 Å². The molecule has 0 radical (unpaired) electrons. The van der Waals surface area contributed by atoms with Gasteiger partial charge in [-0.1, -0.05) is 29.8 Å². The van der Waals surface area contributed by atoms with Crippen molar-refractivity contribution < 1.29 is 9.90 Å². The number of anilines is 1. The Balaban J connectivity index is 1.83. The maximum atomic E-state index is 11.7. The molecule has 1 aromatic rings. The van der Waals surface area contributed by atoms with Crippen LogP contribution in [0.15, 0.2) is 24.8 Å². The van der Waals surface area contributed by atoms with Gasteiger partial charge >= 0.3 is 0 Å². The number of rotatable bonds is 5. The van der Waals surface area contributed by atoms with Gasteiger partial charge in [0.2, 0.25) is 5.91 Å². The molecule has 1 aliphatic heterocycles. The number of phenols is 1. The Bertz CT molecular complexity index is 595. The van der Waals surface area contributed by atoms with Gasteiger partial charge in [0.1, 0.15) is 5.75 Å². The fraction of sp³-hybridized carbons (Fsp3) is 0.438. The van der Waals surface area contributed by atoms with E-state index in [1.54, 1.807) is 6.07 Å². The molecule has 2 rings (SSSR count). The van der Waals surface area contributed by atoms with Crippen molar-refractivity contribution in [2.75, 3.05) is 38.0 Å². The number of hydrogen-bond donors (Lipinski definition) is 2. The predicted molar refractivity (Wildman–Crippen MR) is 94.4 cm³/mol. The Labute approximate surface area is 146 Å². The van der Waals surface area contributed by atoms with Crippen LogP contribution < -0.4 is 5.32 Å². The van der Waals surface area contributed by atoms with Crippen molar-refractivity contribution in [1.82, 2.24) is 9.80 Å². The number of piperazine rings is 1. The number of nitrogens with zero attached hydrogens (tertiary/aromatic N) is 2. The van der Waals surface area contributed by atoms with Gasteiger partial charge in [0.25, 0.3) is 0 Å². The molecule has 0 saturated carbocycles. The minimum absolute atomic E-state index is 0.0176. The normalized spacial score (nSPS) is 18.7. The summed E-state index contributed by atoms with van der Waals surface area (Å²) in [6.07, 6.45) is 1.36. The van der Waals surface area contributed by atoms with E-state index in [0.29, 0.717) is 28.8 Å². The van der Waals surface area contributed by atoms with Gasteiger partial charge in [-0.2, -0.15) is 0 Å². The molecule has 23 heavy (non-hydrogen) atoms. The van der Waals surface area contributed by atoms with Gasteiger partial charge in [0.15, 0.2) is 0 Å². The van der Waals surface area contributed by atoms with Crippen LogP contribution in [-0.2, 0) is 4.79 Å². The second-order valence-corrected chi connectivity index (χ2v) is 6.41. The standard InChI is InChI=1S/C16H21Cl2N3O2/c1-3-16(23)21-7-6-20(10-11(21)2)5-4-19-14-8-12(17)13(18)9-15(14)22/h3,8-9,11,19,22H,1,4-7,10H2,2H3. The van der Waals surface area contributed by atoms with Crippen molar-refractivity contribution in [1.29, 1.82) is 0 Å². The van der Waals surface area contributed by atoms with E-state index in [1.807, 2.05) is 11.8 Å². The molecule has 7 heteroatoms. The summed E-state index contributed by atoms with van der Waals surface area (Å²) in [5.74, 6) is 0.0603. The minimum Gasteiger partial charge on any atom is -0.506 e. The second-order valence-electron chi connectivity index (χ2n) is 5.60. The molecular formula is C16H21Cl2N3O2. The fourth-order valence-electron chi connectivity index (χ4n) is 2.71. The Morgan fingerprint density at radius 1 is 1.43 bits per heavy atom. The van der Waals surface area contributed by atoms with Gasteiger partial charge in [-0.05, 0) is 19.1 Å². The molecule has 1 aromatic carbocycles. The van der Waals surface area contributed by atoms with Crippen molar-refractivity contribution in [3.05, 3.63) is 34.8 Å². The second kappa shape index (κ2) is 7.90. The molecule has 1 amide bonds. The maximum absolute atomic E-state index is 11.7. The van der Waals surface area contributed by atoms with Gasteiger partial charge in [-0.3, -0.25) is 9.69 Å². The lowest BCUT2D eigenvalue weighted by molar-refractivity contribution is -0.130. The van der Waals surface area contributed by atoms with Crippen molar-refractivity contribution in [2.24, 2.45) is 0 Å². The van der Waals surface area contributed by atoms with E-state index in [2.05, 4.69) is 16.8 Å². The summed E-state index contributed by atoms with van der Waals surface area (Å²) >= 11 is 11.8. The highest BCUT2D eigenvalue weighted by Gasteiger charge is 2.25. The van der Waals surface area contributed by atoms with Gasteiger partial charge < -0.3 is 15.3 Å². The molecule has 0 bridgehead atoms. The summed E-state index contributed by atoms with van der Waals surface area (Å²) in [6.45, 7) is 9.37. The molecule has 1 aliphatic rings. The van der Waals surface area contributed by atoms with Crippen molar-refractivity contribution in [2.45, 2.75) is 13.0 Å². The van der Waals surface area contributed by atoms with E-state index in [1.165, 1.54) is 12.1 Å². The Hall–Kier alpha value is -1.43. The average molecular weight is 358 g/mol. The minimum atomic E-state index is -0.0176. The molecule has 1 atom stereocenters. The summed E-state index contributed by atoms with van der Waals surface area (Å²) < 4.78 is 0. The lowest BCUT2D eigenvalue weighted by Crippen LogP contribution is -2.54. The van der Waals surface area contributed by atoms with E-state index < -0.39 is 0 Å². The quantitative estimate of drug-likeness (QED) is 0.628. The highest BCUT2D eigenvalue weighted by Crippen LogP contribution is 2.33. The summed E-state index contributed by atoms with van der Waals surface area (Å²) in [5, 5.41) is 13.7. The molecule has 126 valence electrons. The van der Waals surface area contributed by atoms with Crippen molar-refractivity contribution in [3.8, 4) is 5.75 Å². The monoisotopic (exact) mass is 357 g/mol. The first-order valence-electron chi connectivity index (χ1n) is 7.49. The zero-order valence-corrected chi connectivity index (χ0v) is 14.6. The van der Waals surface area contributed by atoms with Crippen LogP contribution in [0, 0.1) is 0 Å². The van der Waals surface area contributed by atoms with E-state index in [9.17, 15) is 9.90 Å². The van der Waals surface area contributed by atoms with E-state index >= 15 is 0 Å². The first-order chi connectivity index (χ1) is 10.9. The lowest BCUT2D eigenvalue weighted by Gasteiger charge is -2.39. The molecule has 1 heterocycles. The molecule has 1 fully saturated rings. The van der Waals surface area contributed by atoms with Gasteiger partial charge in [-0.15, -0.1) is 0 Å². The van der Waals surface area contributed by atoms with Crippen LogP contribution >= 0.6 is 23.2 Å². The molecule has 1 unspecified atom stereocenters.